The molecule has 1 aromatic rings. The monoisotopic (exact) mass is 265 g/mol. The van der Waals surface area contributed by atoms with Gasteiger partial charge in [-0.1, -0.05) is 6.07 Å². The minimum absolute atomic E-state index is 0.204. The molecule has 0 aromatic heterocycles. The number of methoxy groups -OCH3 is 2. The molecule has 19 heavy (non-hydrogen) atoms. The van der Waals surface area contributed by atoms with Gasteiger partial charge in [0.25, 0.3) is 0 Å². The summed E-state index contributed by atoms with van der Waals surface area (Å²) < 4.78 is 9.95. The molecule has 4 heteroatoms. The highest BCUT2D eigenvalue weighted by molar-refractivity contribution is 5.71. The van der Waals surface area contributed by atoms with E-state index in [1.807, 2.05) is 18.9 Å². The van der Waals surface area contributed by atoms with Gasteiger partial charge in [0.2, 0.25) is 0 Å². The van der Waals surface area contributed by atoms with E-state index in [1.54, 1.807) is 7.11 Å². The number of likely N-dealkylation sites (N-methyl/N-ethyl adjacent to an activating group) is 1. The standard InChI is InChI=1S/C15H23NO3/c1-11-9-14(18-4)12(2)8-13(11)6-7-16(3)10-15(17)19-5/h8-9H,6-7,10H2,1-5H3. The molecule has 106 valence electrons. The number of hydrogen-bond donors (Lipinski definition) is 0. The first kappa shape index (κ1) is 15.5. The van der Waals surface area contributed by atoms with Crippen LogP contribution in [-0.4, -0.2) is 45.2 Å². The van der Waals surface area contributed by atoms with E-state index in [1.165, 1.54) is 18.2 Å². The Morgan fingerprint density at radius 1 is 1.21 bits per heavy atom. The van der Waals surface area contributed by atoms with E-state index < -0.39 is 0 Å². The number of carbonyl (C=O) groups is 1. The molecule has 0 saturated carbocycles. The van der Waals surface area contributed by atoms with Crippen LogP contribution in [0.15, 0.2) is 12.1 Å². The van der Waals surface area contributed by atoms with Gasteiger partial charge in [-0.3, -0.25) is 9.69 Å². The van der Waals surface area contributed by atoms with Crippen molar-refractivity contribution in [1.29, 1.82) is 0 Å². The van der Waals surface area contributed by atoms with Crippen molar-refractivity contribution in [2.45, 2.75) is 20.3 Å². The number of hydrogen-bond acceptors (Lipinski definition) is 4. The average Bonchev–Trinajstić information content (AvgIpc) is 2.39. The second kappa shape index (κ2) is 7.14. The van der Waals surface area contributed by atoms with Gasteiger partial charge in [0.05, 0.1) is 20.8 Å². The van der Waals surface area contributed by atoms with Gasteiger partial charge in [0.1, 0.15) is 5.75 Å². The molecule has 1 rings (SSSR count). The van der Waals surface area contributed by atoms with Gasteiger partial charge < -0.3 is 9.47 Å². The van der Waals surface area contributed by atoms with Crippen LogP contribution >= 0.6 is 0 Å². The van der Waals surface area contributed by atoms with Crippen LogP contribution in [0.2, 0.25) is 0 Å². The van der Waals surface area contributed by atoms with Crippen LogP contribution < -0.4 is 4.74 Å². The van der Waals surface area contributed by atoms with Gasteiger partial charge in [-0.15, -0.1) is 0 Å². The molecule has 0 unspecified atom stereocenters. The molecular formula is C15H23NO3. The van der Waals surface area contributed by atoms with Gasteiger partial charge in [-0.25, -0.2) is 0 Å². The molecule has 0 heterocycles. The minimum atomic E-state index is -0.204. The maximum Gasteiger partial charge on any atom is 0.319 e. The Morgan fingerprint density at radius 3 is 2.47 bits per heavy atom. The molecule has 0 aliphatic carbocycles. The summed E-state index contributed by atoms with van der Waals surface area (Å²) in [5, 5.41) is 0. The third-order valence-electron chi connectivity index (χ3n) is 3.24. The Balaban J connectivity index is 2.63. The maximum atomic E-state index is 11.2. The van der Waals surface area contributed by atoms with Crippen LogP contribution in [0.4, 0.5) is 0 Å². The smallest absolute Gasteiger partial charge is 0.319 e. The molecule has 0 spiro atoms. The van der Waals surface area contributed by atoms with Gasteiger partial charge in [-0.2, -0.15) is 0 Å². The Labute approximate surface area is 115 Å². The second-order valence-electron chi connectivity index (χ2n) is 4.81. The largest absolute Gasteiger partial charge is 0.496 e. The van der Waals surface area contributed by atoms with Crippen molar-refractivity contribution in [3.63, 3.8) is 0 Å². The minimum Gasteiger partial charge on any atom is -0.496 e. The van der Waals surface area contributed by atoms with Crippen molar-refractivity contribution in [2.24, 2.45) is 0 Å². The molecule has 0 aliphatic rings. The van der Waals surface area contributed by atoms with Crippen LogP contribution in [0.3, 0.4) is 0 Å². The summed E-state index contributed by atoms with van der Waals surface area (Å²) in [5.41, 5.74) is 3.64. The van der Waals surface area contributed by atoms with E-state index in [9.17, 15) is 4.79 Å². The van der Waals surface area contributed by atoms with Crippen LogP contribution in [0.1, 0.15) is 16.7 Å². The molecular weight excluding hydrogens is 242 g/mol. The predicted octanol–water partition coefficient (Wildman–Crippen LogP) is 1.96. The summed E-state index contributed by atoms with van der Waals surface area (Å²) in [6, 6.07) is 4.21. The lowest BCUT2D eigenvalue weighted by atomic mass is 10.0. The highest BCUT2D eigenvalue weighted by Crippen LogP contribution is 2.22. The third-order valence-corrected chi connectivity index (χ3v) is 3.24. The van der Waals surface area contributed by atoms with E-state index in [0.29, 0.717) is 6.54 Å². The fourth-order valence-corrected chi connectivity index (χ4v) is 2.01. The normalized spacial score (nSPS) is 10.6. The Kier molecular flexibility index (Phi) is 5.83. The first-order chi connectivity index (χ1) is 8.97. The zero-order valence-electron chi connectivity index (χ0n) is 12.4. The molecule has 0 bridgehead atoms. The average molecular weight is 265 g/mol. The fourth-order valence-electron chi connectivity index (χ4n) is 2.01. The summed E-state index contributed by atoms with van der Waals surface area (Å²) in [4.78, 5) is 13.1. The van der Waals surface area contributed by atoms with Crippen LogP contribution in [0, 0.1) is 13.8 Å². The SMILES string of the molecule is COC(=O)CN(C)CCc1cc(C)c(OC)cc1C. The van der Waals surface area contributed by atoms with E-state index in [0.717, 1.165) is 24.3 Å². The van der Waals surface area contributed by atoms with Gasteiger partial charge >= 0.3 is 5.97 Å². The number of esters is 1. The highest BCUT2D eigenvalue weighted by Gasteiger charge is 2.09. The number of ether oxygens (including phenoxy) is 2. The first-order valence-corrected chi connectivity index (χ1v) is 6.37. The van der Waals surface area contributed by atoms with E-state index in [-0.39, 0.29) is 5.97 Å². The van der Waals surface area contributed by atoms with Gasteiger partial charge in [0.15, 0.2) is 0 Å². The molecule has 0 fully saturated rings. The summed E-state index contributed by atoms with van der Waals surface area (Å²) in [7, 11) is 5.02. The maximum absolute atomic E-state index is 11.2. The van der Waals surface area contributed by atoms with Crippen LogP contribution in [0.25, 0.3) is 0 Å². The molecule has 0 atom stereocenters. The molecule has 0 N–H and O–H groups in total. The zero-order valence-corrected chi connectivity index (χ0v) is 12.4. The van der Waals surface area contributed by atoms with E-state index >= 15 is 0 Å². The number of nitrogens with zero attached hydrogens (tertiary/aromatic N) is 1. The molecule has 0 aliphatic heterocycles. The lowest BCUT2D eigenvalue weighted by molar-refractivity contribution is -0.141. The first-order valence-electron chi connectivity index (χ1n) is 6.37. The molecule has 0 saturated heterocycles. The van der Waals surface area contributed by atoms with Gasteiger partial charge in [-0.05, 0) is 50.1 Å². The number of aryl methyl sites for hydroxylation is 2. The Bertz CT molecular complexity index is 443. The second-order valence-corrected chi connectivity index (χ2v) is 4.81. The Morgan fingerprint density at radius 2 is 1.89 bits per heavy atom. The molecule has 1 aromatic carbocycles. The fraction of sp³-hybridized carbons (Fsp3) is 0.533. The summed E-state index contributed by atoms with van der Waals surface area (Å²) in [5.74, 6) is 0.717. The van der Waals surface area contributed by atoms with E-state index in [4.69, 9.17) is 4.74 Å². The Hall–Kier alpha value is -1.55. The zero-order chi connectivity index (χ0) is 14.4. The van der Waals surface area contributed by atoms with Crippen molar-refractivity contribution in [3.8, 4) is 5.75 Å². The predicted molar refractivity (Wildman–Crippen MR) is 75.7 cm³/mol. The highest BCUT2D eigenvalue weighted by atomic mass is 16.5. The van der Waals surface area contributed by atoms with Crippen LogP contribution in [0.5, 0.6) is 5.75 Å². The summed E-state index contributed by atoms with van der Waals surface area (Å²) >= 11 is 0. The number of carbonyl (C=O) groups excluding carboxylic acids is 1. The van der Waals surface area contributed by atoms with Crippen molar-refractivity contribution >= 4 is 5.97 Å². The topological polar surface area (TPSA) is 38.8 Å². The number of benzene rings is 1. The van der Waals surface area contributed by atoms with Gasteiger partial charge in [0, 0.05) is 6.54 Å². The number of rotatable bonds is 6. The van der Waals surface area contributed by atoms with Crippen molar-refractivity contribution in [1.82, 2.24) is 4.90 Å². The summed E-state index contributed by atoms with van der Waals surface area (Å²) in [6.45, 7) is 5.27. The quantitative estimate of drug-likeness (QED) is 0.737. The molecule has 4 nitrogen and oxygen atoms in total. The van der Waals surface area contributed by atoms with Crippen LogP contribution in [-0.2, 0) is 16.0 Å². The third kappa shape index (κ3) is 4.56. The van der Waals surface area contributed by atoms with Crippen molar-refractivity contribution in [3.05, 3.63) is 28.8 Å². The van der Waals surface area contributed by atoms with Crippen molar-refractivity contribution in [2.75, 3.05) is 34.4 Å². The van der Waals surface area contributed by atoms with E-state index in [2.05, 4.69) is 23.8 Å². The molecule has 0 amide bonds. The summed E-state index contributed by atoms with van der Waals surface area (Å²) in [6.07, 6.45) is 0.907. The lowest BCUT2D eigenvalue weighted by Gasteiger charge is -2.17. The lowest BCUT2D eigenvalue weighted by Crippen LogP contribution is -2.28. The molecule has 0 radical (unpaired) electrons. The van der Waals surface area contributed by atoms with Crippen molar-refractivity contribution < 1.29 is 14.3 Å².